The number of aromatic amines is 1. The van der Waals surface area contributed by atoms with E-state index in [-0.39, 0.29) is 66.6 Å². The molecule has 3 amide bonds. The molecule has 5 N–H and O–H groups in total. The third-order valence-corrected chi connectivity index (χ3v) is 13.5. The van der Waals surface area contributed by atoms with Crippen LogP contribution in [0.25, 0.3) is 33.4 Å². The number of amides is 3. The highest BCUT2D eigenvalue weighted by Crippen LogP contribution is 2.48. The molecule has 3 aliphatic heterocycles. The molecule has 6 atom stereocenters. The molecule has 2 aromatic carbocycles. The zero-order chi connectivity index (χ0) is 45.2. The summed E-state index contributed by atoms with van der Waals surface area (Å²) < 4.78 is 18.7. The van der Waals surface area contributed by atoms with Crippen LogP contribution in [0.3, 0.4) is 0 Å². The number of imidazole rings is 1. The fraction of sp³-hybridized carbons (Fsp3) is 0.521. The molecule has 0 spiro atoms. The number of esters is 1. The average molecular weight is 876 g/mol. The van der Waals surface area contributed by atoms with E-state index in [4.69, 9.17) is 25.3 Å². The number of ether oxygens (including phenoxy) is 3. The Bertz CT molecular complexity index is 2420. The predicted molar refractivity (Wildman–Crippen MR) is 243 cm³/mol. The first-order valence-corrected chi connectivity index (χ1v) is 22.7. The van der Waals surface area contributed by atoms with Crippen molar-refractivity contribution in [2.45, 2.75) is 115 Å². The Labute approximate surface area is 373 Å². The minimum absolute atomic E-state index is 0.0294. The Kier molecular flexibility index (Phi) is 13.2. The molecule has 2 aromatic heterocycles. The van der Waals surface area contributed by atoms with E-state index in [1.54, 1.807) is 11.1 Å². The van der Waals surface area contributed by atoms with E-state index in [1.807, 2.05) is 18.7 Å². The van der Waals surface area contributed by atoms with Crippen LogP contribution < -0.4 is 15.4 Å². The third kappa shape index (κ3) is 9.28. The largest absolute Gasteiger partial charge is 0.469 e. The molecule has 16 nitrogen and oxygen atoms in total. The van der Waals surface area contributed by atoms with Gasteiger partial charge in [0, 0.05) is 72.5 Å². The van der Waals surface area contributed by atoms with Gasteiger partial charge >= 0.3 is 12.1 Å². The van der Waals surface area contributed by atoms with Gasteiger partial charge in [0.15, 0.2) is 6.23 Å². The smallest absolute Gasteiger partial charge is 0.407 e. The van der Waals surface area contributed by atoms with Crippen molar-refractivity contribution in [3.05, 3.63) is 60.0 Å². The SMILES string of the molecule is COC(=O)CC(=N)CC(=O)N1CCCC1c1ncc(-c2ccc3c(c2)OC(CC2CC2)n2c-3cc3cc(C(C=N)CNC(C)C4CCCN4C(=O)C(NC(=O)OC)C(C)C)ccc32)[nH]1. The normalized spacial score (nSPS) is 20.6. The van der Waals surface area contributed by atoms with Gasteiger partial charge in [0.05, 0.1) is 56.2 Å². The van der Waals surface area contributed by atoms with Crippen molar-refractivity contribution in [2.75, 3.05) is 33.9 Å². The lowest BCUT2D eigenvalue weighted by Crippen LogP contribution is -2.56. The van der Waals surface area contributed by atoms with E-state index >= 15 is 0 Å². The number of methoxy groups -OCH3 is 2. The molecule has 16 heteroatoms. The molecule has 8 rings (SSSR count). The Balaban J connectivity index is 0.985. The highest BCUT2D eigenvalue weighted by atomic mass is 16.5. The average Bonchev–Trinajstić information content (AvgIpc) is 3.74. The summed E-state index contributed by atoms with van der Waals surface area (Å²) in [7, 11) is 2.57. The molecule has 4 aromatic rings. The zero-order valence-electron chi connectivity index (χ0n) is 37.4. The lowest BCUT2D eigenvalue weighted by atomic mass is 9.97. The van der Waals surface area contributed by atoms with Gasteiger partial charge in [-0.3, -0.25) is 14.4 Å². The number of benzene rings is 2. The number of H-pyrrole nitrogens is 1. The fourth-order valence-electron chi connectivity index (χ4n) is 9.77. The lowest BCUT2D eigenvalue weighted by molar-refractivity contribution is -0.139. The van der Waals surface area contributed by atoms with Crippen LogP contribution in [0.2, 0.25) is 0 Å². The number of fused-ring (bicyclic) bond motifs is 5. The van der Waals surface area contributed by atoms with Crippen LogP contribution in [0.4, 0.5) is 4.79 Å². The number of nitrogens with one attached hydrogen (secondary N) is 5. The number of hydrogen-bond acceptors (Lipinski definition) is 11. The fourth-order valence-corrected chi connectivity index (χ4v) is 9.77. The van der Waals surface area contributed by atoms with Crippen molar-refractivity contribution < 1.29 is 33.4 Å². The van der Waals surface area contributed by atoms with Crippen LogP contribution in [-0.4, -0.2) is 112 Å². The van der Waals surface area contributed by atoms with E-state index in [9.17, 15) is 19.2 Å². The highest BCUT2D eigenvalue weighted by molar-refractivity contribution is 6.06. The third-order valence-electron chi connectivity index (χ3n) is 13.5. The predicted octanol–water partition coefficient (Wildman–Crippen LogP) is 7.11. The van der Waals surface area contributed by atoms with Gasteiger partial charge in [-0.2, -0.15) is 0 Å². The topological polar surface area (TPSA) is 208 Å². The van der Waals surface area contributed by atoms with E-state index < -0.39 is 18.1 Å². The summed E-state index contributed by atoms with van der Waals surface area (Å²) in [6.07, 6.45) is 8.75. The maximum atomic E-state index is 13.7. The molecule has 340 valence electrons. The van der Waals surface area contributed by atoms with Crippen LogP contribution in [0.5, 0.6) is 5.75 Å². The minimum Gasteiger partial charge on any atom is -0.469 e. The Morgan fingerprint density at radius 3 is 2.48 bits per heavy atom. The molecule has 4 aliphatic rings. The van der Waals surface area contributed by atoms with Crippen LogP contribution >= 0.6 is 0 Å². The Hall–Kier alpha value is -6.03. The number of aromatic nitrogens is 3. The van der Waals surface area contributed by atoms with Crippen LogP contribution in [0.1, 0.15) is 108 Å². The molecular weight excluding hydrogens is 815 g/mol. The second-order valence-corrected chi connectivity index (χ2v) is 18.2. The molecule has 0 bridgehead atoms. The number of carbonyl (C=O) groups excluding carboxylic acids is 4. The molecule has 5 heterocycles. The molecule has 3 fully saturated rings. The summed E-state index contributed by atoms with van der Waals surface area (Å²) in [5.41, 5.74) is 5.95. The summed E-state index contributed by atoms with van der Waals surface area (Å²) in [6, 6.07) is 13.9. The minimum atomic E-state index is -0.674. The van der Waals surface area contributed by atoms with Gasteiger partial charge in [0.25, 0.3) is 0 Å². The van der Waals surface area contributed by atoms with Crippen LogP contribution in [0.15, 0.2) is 48.7 Å². The summed E-state index contributed by atoms with van der Waals surface area (Å²) in [4.78, 5) is 62.5. The van der Waals surface area contributed by atoms with Crippen LogP contribution in [0, 0.1) is 22.7 Å². The van der Waals surface area contributed by atoms with Crippen molar-refractivity contribution in [2.24, 2.45) is 11.8 Å². The van der Waals surface area contributed by atoms with Crippen molar-refractivity contribution in [1.29, 1.82) is 10.8 Å². The monoisotopic (exact) mass is 875 g/mol. The van der Waals surface area contributed by atoms with E-state index in [0.29, 0.717) is 31.4 Å². The first kappa shape index (κ1) is 44.6. The molecule has 2 saturated heterocycles. The van der Waals surface area contributed by atoms with Gasteiger partial charge in [-0.1, -0.05) is 26.0 Å². The van der Waals surface area contributed by atoms with Crippen molar-refractivity contribution >= 4 is 46.7 Å². The number of alkyl carbamates (subject to hydrolysis) is 1. The zero-order valence-corrected chi connectivity index (χ0v) is 37.4. The summed E-state index contributed by atoms with van der Waals surface area (Å²) >= 11 is 0. The van der Waals surface area contributed by atoms with Crippen molar-refractivity contribution in [3.63, 3.8) is 0 Å². The summed E-state index contributed by atoms with van der Waals surface area (Å²) in [5, 5.41) is 24.1. The Morgan fingerprint density at radius 1 is 0.969 bits per heavy atom. The molecular formula is C48H61N9O7. The number of nitrogens with zero attached hydrogens (tertiary/aromatic N) is 4. The maximum absolute atomic E-state index is 13.7. The number of hydrogen-bond donors (Lipinski definition) is 5. The number of carbonyl (C=O) groups is 4. The molecule has 0 radical (unpaired) electrons. The van der Waals surface area contributed by atoms with Gasteiger partial charge in [0.2, 0.25) is 11.8 Å². The van der Waals surface area contributed by atoms with E-state index in [2.05, 4.69) is 74.3 Å². The first-order chi connectivity index (χ1) is 30.9. The number of rotatable bonds is 17. The number of likely N-dealkylation sites (tertiary alicyclic amines) is 2. The second kappa shape index (κ2) is 19.0. The highest BCUT2D eigenvalue weighted by Gasteiger charge is 2.39. The summed E-state index contributed by atoms with van der Waals surface area (Å²) in [5.74, 6) is 0.972. The van der Waals surface area contributed by atoms with Gasteiger partial charge in [0.1, 0.15) is 17.6 Å². The van der Waals surface area contributed by atoms with Crippen LogP contribution in [-0.2, 0) is 23.9 Å². The quantitative estimate of drug-likeness (QED) is 0.0540. The first-order valence-electron chi connectivity index (χ1n) is 22.7. The maximum Gasteiger partial charge on any atom is 0.407 e. The molecule has 6 unspecified atom stereocenters. The van der Waals surface area contributed by atoms with Gasteiger partial charge < -0.3 is 55.0 Å². The Morgan fingerprint density at radius 2 is 1.75 bits per heavy atom. The van der Waals surface area contributed by atoms with Gasteiger partial charge in [-0.15, -0.1) is 0 Å². The van der Waals surface area contributed by atoms with E-state index in [1.165, 1.54) is 33.3 Å². The van der Waals surface area contributed by atoms with Crippen molar-refractivity contribution in [3.8, 4) is 28.3 Å². The second-order valence-electron chi connectivity index (χ2n) is 18.2. The van der Waals surface area contributed by atoms with Gasteiger partial charge in [-0.25, -0.2) is 9.78 Å². The molecule has 64 heavy (non-hydrogen) atoms. The van der Waals surface area contributed by atoms with Crippen molar-refractivity contribution in [1.82, 2.24) is 35.0 Å². The summed E-state index contributed by atoms with van der Waals surface area (Å²) in [6.45, 7) is 7.65. The lowest BCUT2D eigenvalue weighted by Gasteiger charge is -2.34. The van der Waals surface area contributed by atoms with Gasteiger partial charge in [-0.05, 0) is 93.2 Å². The molecule has 1 aliphatic carbocycles. The molecule has 1 saturated carbocycles. The van der Waals surface area contributed by atoms with E-state index in [0.717, 1.165) is 76.8 Å². The standard InChI is InChI=1S/C48H61N9O7/c1-27(2)45(54-48(61)63-5)47(60)56-17-6-8-37(56)28(3)51-25-33(24-49)30-13-15-38-32(19-30)20-40-35-14-12-31(21-41(35)64-43(57(38)40)18-29-10-11-29)36-26-52-46(53-36)39-9-7-16-55(39)42(58)22-34(50)23-44(59)62-4/h12-15,19-21,24,26-29,33,37,39,43,45,49-51H,6-11,16-18,22-23,25H2,1-5H3,(H,52,53)(H,54,61).